The van der Waals surface area contributed by atoms with Gasteiger partial charge in [0.2, 0.25) is 0 Å². The largest absolute Gasteiger partial charge is 0.409 e. The third-order valence-corrected chi connectivity index (χ3v) is 12.2. The molecule has 2 N–H and O–H groups in total. The van der Waals surface area contributed by atoms with Gasteiger partial charge in [-0.15, -0.1) is 0 Å². The number of hydrogen-bond donors (Lipinski definition) is 1. The molecule has 0 radical (unpaired) electrons. The molecule has 1 saturated heterocycles. The predicted octanol–water partition coefficient (Wildman–Crippen LogP) is 6.45. The van der Waals surface area contributed by atoms with E-state index in [0.717, 1.165) is 17.7 Å². The van der Waals surface area contributed by atoms with E-state index in [2.05, 4.69) is 33.9 Å². The Bertz CT molecular complexity index is 1190. The highest BCUT2D eigenvalue weighted by Gasteiger charge is 2.49. The minimum atomic E-state index is -2.21. The van der Waals surface area contributed by atoms with Crippen molar-refractivity contribution in [3.8, 4) is 11.3 Å². The molecule has 36 heavy (non-hydrogen) atoms. The van der Waals surface area contributed by atoms with Gasteiger partial charge in [-0.1, -0.05) is 51.1 Å². The number of nitrogens with zero attached hydrogens (tertiary/aromatic N) is 2. The van der Waals surface area contributed by atoms with E-state index in [1.54, 1.807) is 6.20 Å². The normalized spacial score (nSPS) is 17.2. The fraction of sp³-hybridized carbons (Fsp3) is 0.464. The minimum absolute atomic E-state index is 0.00661. The first-order valence-electron chi connectivity index (χ1n) is 12.5. The molecular formula is C28H37F2N3O2Si. The Balaban J connectivity index is 1.81. The van der Waals surface area contributed by atoms with Gasteiger partial charge in [-0.3, -0.25) is 0 Å². The highest BCUT2D eigenvalue weighted by Crippen LogP contribution is 2.45. The summed E-state index contributed by atoms with van der Waals surface area (Å²) in [5.41, 5.74) is 7.91. The number of hydrogen-bond acceptors (Lipinski definition) is 4. The second kappa shape index (κ2) is 10.2. The summed E-state index contributed by atoms with van der Waals surface area (Å²) in [6.07, 6.45) is 3.05. The van der Waals surface area contributed by atoms with Crippen molar-refractivity contribution in [1.82, 2.24) is 9.55 Å². The van der Waals surface area contributed by atoms with Crippen LogP contribution in [0.1, 0.15) is 51.0 Å². The van der Waals surface area contributed by atoms with E-state index < -0.39 is 31.6 Å². The first-order chi connectivity index (χ1) is 16.9. The third kappa shape index (κ3) is 5.46. The van der Waals surface area contributed by atoms with Crippen molar-refractivity contribution in [2.75, 3.05) is 13.2 Å². The first kappa shape index (κ1) is 26.7. The van der Waals surface area contributed by atoms with Crippen molar-refractivity contribution in [3.05, 3.63) is 77.8 Å². The van der Waals surface area contributed by atoms with Gasteiger partial charge >= 0.3 is 0 Å². The topological polar surface area (TPSA) is 62.3 Å². The lowest BCUT2D eigenvalue weighted by Gasteiger charge is -2.49. The molecule has 2 heterocycles. The molecule has 0 spiro atoms. The van der Waals surface area contributed by atoms with Gasteiger partial charge in [-0.2, -0.15) is 0 Å². The first-order valence-corrected chi connectivity index (χ1v) is 15.4. The van der Waals surface area contributed by atoms with Gasteiger partial charge < -0.3 is 19.5 Å². The Hall–Kier alpha value is -2.39. The van der Waals surface area contributed by atoms with Gasteiger partial charge in [0.15, 0.2) is 8.32 Å². The summed E-state index contributed by atoms with van der Waals surface area (Å²) in [6.45, 7) is 12.7. The highest BCUT2D eigenvalue weighted by atomic mass is 28.4. The molecule has 2 aromatic carbocycles. The van der Waals surface area contributed by atoms with Crippen LogP contribution in [0.15, 0.2) is 54.7 Å². The van der Waals surface area contributed by atoms with Crippen molar-refractivity contribution >= 4 is 8.32 Å². The van der Waals surface area contributed by atoms with Crippen molar-refractivity contribution < 1.29 is 17.9 Å². The molecule has 1 atom stereocenters. The van der Waals surface area contributed by atoms with Crippen LogP contribution in [0.3, 0.4) is 0 Å². The fourth-order valence-electron chi connectivity index (χ4n) is 4.50. The van der Waals surface area contributed by atoms with Gasteiger partial charge in [-0.25, -0.2) is 13.8 Å². The average Bonchev–Trinajstić information content (AvgIpc) is 3.23. The zero-order valence-corrected chi connectivity index (χ0v) is 22.9. The number of rotatable bonds is 7. The third-order valence-electron chi connectivity index (χ3n) is 7.66. The minimum Gasteiger partial charge on any atom is -0.409 e. The molecule has 1 aromatic heterocycles. The lowest BCUT2D eigenvalue weighted by atomic mass is 9.86. The van der Waals surface area contributed by atoms with Crippen LogP contribution in [0.4, 0.5) is 8.78 Å². The van der Waals surface area contributed by atoms with E-state index in [-0.39, 0.29) is 10.6 Å². The molecule has 1 aliphatic heterocycles. The van der Waals surface area contributed by atoms with Crippen LogP contribution in [0.2, 0.25) is 18.1 Å². The summed E-state index contributed by atoms with van der Waals surface area (Å²) in [4.78, 5) is 4.82. The number of benzene rings is 2. The Morgan fingerprint density at radius 1 is 1.11 bits per heavy atom. The monoisotopic (exact) mass is 513 g/mol. The van der Waals surface area contributed by atoms with Crippen LogP contribution in [0, 0.1) is 11.6 Å². The van der Waals surface area contributed by atoms with E-state index in [0.29, 0.717) is 44.1 Å². The maximum Gasteiger partial charge on any atom is 0.192 e. The zero-order valence-electron chi connectivity index (χ0n) is 21.9. The Kier molecular flexibility index (Phi) is 7.53. The summed E-state index contributed by atoms with van der Waals surface area (Å²) < 4.78 is 43.5. The van der Waals surface area contributed by atoms with Crippen molar-refractivity contribution in [2.45, 2.75) is 69.9 Å². The zero-order chi connectivity index (χ0) is 26.1. The quantitative estimate of drug-likeness (QED) is 0.369. The Labute approximate surface area is 213 Å². The molecule has 1 unspecified atom stereocenters. The summed E-state index contributed by atoms with van der Waals surface area (Å²) in [6, 6.07) is 12.8. The number of imidazole rings is 1. The molecule has 1 aliphatic rings. The molecular weight excluding hydrogens is 476 g/mol. The average molecular weight is 514 g/mol. The summed E-state index contributed by atoms with van der Waals surface area (Å²) in [5.74, 6) is -0.450. The molecule has 0 amide bonds. The molecule has 0 bridgehead atoms. The summed E-state index contributed by atoms with van der Waals surface area (Å²) in [7, 11) is -2.21. The van der Waals surface area contributed by atoms with Crippen LogP contribution >= 0.6 is 0 Å². The predicted molar refractivity (Wildman–Crippen MR) is 141 cm³/mol. The molecule has 1 fully saturated rings. The van der Waals surface area contributed by atoms with Crippen LogP contribution in [-0.2, 0) is 15.7 Å². The van der Waals surface area contributed by atoms with Crippen LogP contribution in [0.5, 0.6) is 0 Å². The van der Waals surface area contributed by atoms with Crippen LogP contribution in [-0.4, -0.2) is 36.7 Å². The summed E-state index contributed by atoms with van der Waals surface area (Å²) >= 11 is 0. The van der Waals surface area contributed by atoms with E-state index in [4.69, 9.17) is 19.9 Å². The van der Waals surface area contributed by atoms with Gasteiger partial charge in [0.25, 0.3) is 0 Å². The van der Waals surface area contributed by atoms with Gasteiger partial charge in [-0.05, 0) is 41.9 Å². The van der Waals surface area contributed by atoms with E-state index in [9.17, 15) is 8.78 Å². The Morgan fingerprint density at radius 2 is 1.78 bits per heavy atom. The van der Waals surface area contributed by atoms with Crippen LogP contribution in [0.25, 0.3) is 11.3 Å². The molecule has 5 nitrogen and oxygen atoms in total. The number of halogens is 2. The molecule has 0 saturated carbocycles. The number of nitrogens with two attached hydrogens (primary N) is 1. The fourth-order valence-corrected chi connectivity index (χ4v) is 6.15. The number of aromatic nitrogens is 2. The van der Waals surface area contributed by atoms with Gasteiger partial charge in [0, 0.05) is 44.4 Å². The van der Waals surface area contributed by atoms with Gasteiger partial charge in [0.05, 0.1) is 17.3 Å². The SMILES string of the molecule is CC(C)(C)[Si](C)(C)OC1(C(N)c2nc(-c3cc(F)ccc3F)cn2Cc2ccccc2)CCOCC1. The van der Waals surface area contributed by atoms with E-state index >= 15 is 0 Å². The maximum atomic E-state index is 14.7. The number of ether oxygens (including phenoxy) is 1. The van der Waals surface area contributed by atoms with Crippen molar-refractivity contribution in [3.63, 3.8) is 0 Å². The van der Waals surface area contributed by atoms with Crippen molar-refractivity contribution in [1.29, 1.82) is 0 Å². The maximum absolute atomic E-state index is 14.7. The molecule has 4 rings (SSSR count). The second-order valence-electron chi connectivity index (χ2n) is 11.2. The lowest BCUT2D eigenvalue weighted by Crippen LogP contribution is -2.57. The van der Waals surface area contributed by atoms with Gasteiger partial charge in [0.1, 0.15) is 17.5 Å². The van der Waals surface area contributed by atoms with Crippen molar-refractivity contribution in [2.24, 2.45) is 5.73 Å². The van der Waals surface area contributed by atoms with E-state index in [1.165, 1.54) is 6.07 Å². The Morgan fingerprint density at radius 3 is 2.42 bits per heavy atom. The molecule has 0 aliphatic carbocycles. The molecule has 8 heteroatoms. The molecule has 3 aromatic rings. The van der Waals surface area contributed by atoms with E-state index in [1.807, 2.05) is 34.9 Å². The second-order valence-corrected chi connectivity index (χ2v) is 16.0. The van der Waals surface area contributed by atoms with Crippen LogP contribution < -0.4 is 5.73 Å². The summed E-state index contributed by atoms with van der Waals surface area (Å²) in [5, 5.41) is -0.00661. The highest BCUT2D eigenvalue weighted by molar-refractivity contribution is 6.74. The molecule has 194 valence electrons. The standard InChI is InChI=1S/C28H37F2N3O2Si/c1-27(2,3)36(4,5)35-28(13-15-34-16-14-28)25(31)26-32-24(22-17-21(29)11-12-23(22)30)19-33(26)18-20-9-7-6-8-10-20/h6-12,17,19,25H,13-16,18,31H2,1-5H3. The smallest absolute Gasteiger partial charge is 0.192 e. The lowest BCUT2D eigenvalue weighted by molar-refractivity contribution is -0.0713.